The number of ether oxygens (including phenoxy) is 1. The van der Waals surface area contributed by atoms with Crippen LogP contribution in [-0.4, -0.2) is 57.8 Å². The zero-order valence-electron chi connectivity index (χ0n) is 19.7. The van der Waals surface area contributed by atoms with E-state index in [4.69, 9.17) is 22.1 Å². The molecule has 1 fully saturated rings. The Morgan fingerprint density at radius 1 is 1.22 bits per heavy atom. The molecule has 0 radical (unpaired) electrons. The number of anilines is 3. The van der Waals surface area contributed by atoms with Gasteiger partial charge in [-0.05, 0) is 67.6 Å². The summed E-state index contributed by atoms with van der Waals surface area (Å²) >= 11 is 8.21. The summed E-state index contributed by atoms with van der Waals surface area (Å²) in [6.45, 7) is 3.08. The number of nitrogens with two attached hydrogens (primary N) is 1. The number of nitrogens with one attached hydrogen (secondary N) is 2. The van der Waals surface area contributed by atoms with Crippen LogP contribution in [-0.2, 0) is 6.18 Å². The monoisotopic (exact) mass is 540 g/mol. The Hall–Kier alpha value is -2.63. The molecule has 0 atom stereocenters. The molecule has 0 amide bonds. The third-order valence-corrected chi connectivity index (χ3v) is 6.95. The van der Waals surface area contributed by atoms with Crippen LogP contribution in [0.15, 0.2) is 36.4 Å². The maximum Gasteiger partial charge on any atom is 0.417 e. The highest BCUT2D eigenvalue weighted by Gasteiger charge is 2.35. The minimum absolute atomic E-state index is 0.0373. The Labute approximate surface area is 216 Å². The lowest BCUT2D eigenvalue weighted by Gasteiger charge is -2.32. The average molecular weight is 541 g/mol. The summed E-state index contributed by atoms with van der Waals surface area (Å²) in [6.07, 6.45) is 0.617. The predicted octanol–water partition coefficient (Wildman–Crippen LogP) is 6.07. The molecule has 0 unspecified atom stereocenters. The van der Waals surface area contributed by atoms with Crippen molar-refractivity contribution in [3.63, 3.8) is 0 Å². The maximum atomic E-state index is 14.0. The van der Waals surface area contributed by atoms with Gasteiger partial charge in [0.2, 0.25) is 11.9 Å². The van der Waals surface area contributed by atoms with Crippen molar-refractivity contribution in [3.05, 3.63) is 47.0 Å². The molecular formula is C24H28ClF3N6OS. The van der Waals surface area contributed by atoms with Gasteiger partial charge in [0.25, 0.3) is 0 Å². The fourth-order valence-corrected chi connectivity index (χ4v) is 4.98. The fraction of sp³-hybridized carbons (Fsp3) is 0.417. The standard InChI is InChI=1S/C24H28ClF3N6OS/c1-36-12-2-9-34-10-7-18(8-11-34)35-17-5-3-15(4-6-17)21-19(24(26,27)28)13-16(14-20(21)25)30-23-31-22(29)32-33-23/h3-6,13-14,18H,2,7-12H2,1H3,(H4,29,30,31,32,33). The van der Waals surface area contributed by atoms with E-state index in [1.54, 1.807) is 24.3 Å². The summed E-state index contributed by atoms with van der Waals surface area (Å²) in [4.78, 5) is 6.30. The number of hydrogen-bond acceptors (Lipinski definition) is 7. The molecule has 36 heavy (non-hydrogen) atoms. The largest absolute Gasteiger partial charge is 0.490 e. The lowest BCUT2D eigenvalue weighted by molar-refractivity contribution is -0.137. The van der Waals surface area contributed by atoms with E-state index in [9.17, 15) is 13.2 Å². The van der Waals surface area contributed by atoms with Crippen LogP contribution in [0.25, 0.3) is 11.1 Å². The minimum atomic E-state index is -4.63. The molecule has 1 aromatic heterocycles. The van der Waals surface area contributed by atoms with Gasteiger partial charge in [-0.15, -0.1) is 5.10 Å². The lowest BCUT2D eigenvalue weighted by Crippen LogP contribution is -2.38. The van der Waals surface area contributed by atoms with Gasteiger partial charge in [0, 0.05) is 24.3 Å². The van der Waals surface area contributed by atoms with Gasteiger partial charge in [-0.2, -0.15) is 29.9 Å². The number of piperidine rings is 1. The summed E-state index contributed by atoms with van der Waals surface area (Å²) in [5, 5.41) is 8.82. The van der Waals surface area contributed by atoms with E-state index in [0.717, 1.165) is 38.5 Å². The average Bonchev–Trinajstić information content (AvgIpc) is 3.24. The predicted molar refractivity (Wildman–Crippen MR) is 139 cm³/mol. The lowest BCUT2D eigenvalue weighted by atomic mass is 9.98. The highest BCUT2D eigenvalue weighted by molar-refractivity contribution is 7.98. The van der Waals surface area contributed by atoms with Crippen molar-refractivity contribution in [2.24, 2.45) is 0 Å². The first-order chi connectivity index (χ1) is 17.2. The highest BCUT2D eigenvalue weighted by Crippen LogP contribution is 2.43. The molecular weight excluding hydrogens is 513 g/mol. The molecule has 0 saturated carbocycles. The molecule has 7 nitrogen and oxygen atoms in total. The molecule has 2 aromatic carbocycles. The quantitative estimate of drug-likeness (QED) is 0.284. The molecule has 0 aliphatic carbocycles. The van der Waals surface area contributed by atoms with E-state index in [1.807, 2.05) is 11.8 Å². The van der Waals surface area contributed by atoms with Crippen LogP contribution in [0, 0.1) is 0 Å². The first-order valence-corrected chi connectivity index (χ1v) is 13.3. The smallest absolute Gasteiger partial charge is 0.417 e. The van der Waals surface area contributed by atoms with E-state index < -0.39 is 11.7 Å². The number of halogens is 4. The Kier molecular flexibility index (Phi) is 8.53. The minimum Gasteiger partial charge on any atom is -0.490 e. The number of nitrogen functional groups attached to an aromatic ring is 1. The second-order valence-electron chi connectivity index (χ2n) is 8.58. The summed E-state index contributed by atoms with van der Waals surface area (Å²) < 4.78 is 48.1. The van der Waals surface area contributed by atoms with E-state index in [-0.39, 0.29) is 34.3 Å². The first kappa shape index (κ1) is 26.4. The molecule has 12 heteroatoms. The van der Waals surface area contributed by atoms with Gasteiger partial charge < -0.3 is 20.7 Å². The molecule has 4 N–H and O–H groups in total. The van der Waals surface area contributed by atoms with E-state index in [1.165, 1.54) is 18.2 Å². The second kappa shape index (κ2) is 11.6. The Balaban J connectivity index is 1.46. The molecule has 1 saturated heterocycles. The molecule has 4 rings (SSSR count). The Morgan fingerprint density at radius 2 is 1.94 bits per heavy atom. The van der Waals surface area contributed by atoms with E-state index in [2.05, 4.69) is 31.7 Å². The van der Waals surface area contributed by atoms with Gasteiger partial charge in [0.1, 0.15) is 11.9 Å². The van der Waals surface area contributed by atoms with Crippen LogP contribution < -0.4 is 15.8 Å². The summed E-state index contributed by atoms with van der Waals surface area (Å²) in [7, 11) is 0. The van der Waals surface area contributed by atoms with Gasteiger partial charge in [0.15, 0.2) is 0 Å². The zero-order chi connectivity index (χ0) is 25.7. The number of benzene rings is 2. The van der Waals surface area contributed by atoms with Gasteiger partial charge in [-0.1, -0.05) is 23.7 Å². The number of alkyl halides is 3. The van der Waals surface area contributed by atoms with Crippen LogP contribution in [0.1, 0.15) is 24.8 Å². The Morgan fingerprint density at radius 3 is 2.56 bits per heavy atom. The molecule has 194 valence electrons. The van der Waals surface area contributed by atoms with Crippen LogP contribution in [0.3, 0.4) is 0 Å². The van der Waals surface area contributed by atoms with Crippen LogP contribution in [0.2, 0.25) is 5.02 Å². The van der Waals surface area contributed by atoms with Crippen molar-refractivity contribution in [2.45, 2.75) is 31.5 Å². The number of likely N-dealkylation sites (tertiary alicyclic amines) is 1. The van der Waals surface area contributed by atoms with Gasteiger partial charge in [-0.3, -0.25) is 0 Å². The number of aromatic amines is 1. The van der Waals surface area contributed by atoms with Crippen molar-refractivity contribution in [3.8, 4) is 16.9 Å². The van der Waals surface area contributed by atoms with Gasteiger partial charge in [-0.25, -0.2) is 5.10 Å². The SMILES string of the molecule is CSCCCN1CCC(Oc2ccc(-c3c(Cl)cc(Nc4n[nH]c(N)n4)cc3C(F)(F)F)cc2)CC1. The Bertz CT molecular complexity index is 1150. The van der Waals surface area contributed by atoms with Gasteiger partial charge >= 0.3 is 6.18 Å². The highest BCUT2D eigenvalue weighted by atomic mass is 35.5. The van der Waals surface area contributed by atoms with E-state index >= 15 is 0 Å². The van der Waals surface area contributed by atoms with Crippen molar-refractivity contribution < 1.29 is 17.9 Å². The normalized spacial score (nSPS) is 15.2. The number of thioether (sulfide) groups is 1. The van der Waals surface area contributed by atoms with Gasteiger partial charge in [0.05, 0.1) is 10.6 Å². The fourth-order valence-electron chi connectivity index (χ4n) is 4.23. The van der Waals surface area contributed by atoms with Crippen molar-refractivity contribution in [1.29, 1.82) is 0 Å². The maximum absolute atomic E-state index is 14.0. The van der Waals surface area contributed by atoms with E-state index in [0.29, 0.717) is 11.3 Å². The number of nitrogens with zero attached hydrogens (tertiary/aromatic N) is 3. The zero-order valence-corrected chi connectivity index (χ0v) is 21.3. The third kappa shape index (κ3) is 6.77. The third-order valence-electron chi connectivity index (χ3n) is 5.96. The molecule has 2 heterocycles. The molecule has 0 bridgehead atoms. The number of hydrogen-bond donors (Lipinski definition) is 3. The molecule has 3 aromatic rings. The first-order valence-electron chi connectivity index (χ1n) is 11.6. The number of rotatable bonds is 9. The summed E-state index contributed by atoms with van der Waals surface area (Å²) in [5.74, 6) is 1.87. The number of aromatic nitrogens is 3. The van der Waals surface area contributed by atoms with Crippen LogP contribution in [0.5, 0.6) is 5.75 Å². The summed E-state index contributed by atoms with van der Waals surface area (Å²) in [6, 6.07) is 8.97. The van der Waals surface area contributed by atoms with Crippen molar-refractivity contribution in [2.75, 3.05) is 42.7 Å². The topological polar surface area (TPSA) is 92.1 Å². The van der Waals surface area contributed by atoms with Crippen LogP contribution >= 0.6 is 23.4 Å². The molecule has 1 aliphatic heterocycles. The van der Waals surface area contributed by atoms with Crippen molar-refractivity contribution >= 4 is 40.9 Å². The second-order valence-corrected chi connectivity index (χ2v) is 9.97. The molecule has 0 spiro atoms. The summed E-state index contributed by atoms with van der Waals surface area (Å²) in [5.41, 5.74) is 4.94. The number of H-pyrrole nitrogens is 1. The van der Waals surface area contributed by atoms with Crippen LogP contribution in [0.4, 0.5) is 30.8 Å². The van der Waals surface area contributed by atoms with Crippen molar-refractivity contribution in [1.82, 2.24) is 20.1 Å². The molecule has 1 aliphatic rings.